The largest absolute Gasteiger partial charge is 0.496 e. The van der Waals surface area contributed by atoms with Crippen molar-refractivity contribution in [2.45, 2.75) is 33.2 Å². The normalized spacial score (nSPS) is 12.3. The van der Waals surface area contributed by atoms with Crippen molar-refractivity contribution >= 4 is 5.91 Å². The lowest BCUT2D eigenvalue weighted by atomic mass is 10.0. The lowest BCUT2D eigenvalue weighted by molar-refractivity contribution is -0.119. The Morgan fingerprint density at radius 1 is 1.44 bits per heavy atom. The summed E-state index contributed by atoms with van der Waals surface area (Å²) in [6, 6.07) is 2.58. The zero-order valence-electron chi connectivity index (χ0n) is 11.1. The highest BCUT2D eigenvalue weighted by Gasteiger charge is 2.18. The van der Waals surface area contributed by atoms with E-state index in [1.165, 1.54) is 20.1 Å². The monoisotopic (exact) mass is 253 g/mol. The van der Waals surface area contributed by atoms with E-state index in [1.807, 2.05) is 13.8 Å². The van der Waals surface area contributed by atoms with Crippen LogP contribution >= 0.6 is 0 Å². The van der Waals surface area contributed by atoms with Crippen molar-refractivity contribution in [1.29, 1.82) is 0 Å². The van der Waals surface area contributed by atoms with Gasteiger partial charge in [0.05, 0.1) is 19.2 Å². The zero-order valence-corrected chi connectivity index (χ0v) is 11.1. The number of rotatable bonds is 5. The predicted molar refractivity (Wildman–Crippen MR) is 67.5 cm³/mol. The maximum absolute atomic E-state index is 11.4. The van der Waals surface area contributed by atoms with Gasteiger partial charge in [-0.2, -0.15) is 0 Å². The van der Waals surface area contributed by atoms with Gasteiger partial charge < -0.3 is 14.5 Å². The van der Waals surface area contributed by atoms with Gasteiger partial charge in [-0.3, -0.25) is 4.79 Å². The lowest BCUT2D eigenvalue weighted by Gasteiger charge is -2.19. The van der Waals surface area contributed by atoms with E-state index in [2.05, 4.69) is 5.32 Å². The van der Waals surface area contributed by atoms with Crippen LogP contribution < -0.4 is 15.7 Å². The van der Waals surface area contributed by atoms with Crippen LogP contribution in [0.5, 0.6) is 5.75 Å². The van der Waals surface area contributed by atoms with E-state index in [0.29, 0.717) is 23.8 Å². The molecule has 0 aliphatic heterocycles. The fraction of sp³-hybridized carbons (Fsp3) is 0.538. The molecule has 1 N–H and O–H groups in total. The van der Waals surface area contributed by atoms with Crippen molar-refractivity contribution in [3.63, 3.8) is 0 Å². The summed E-state index contributed by atoms with van der Waals surface area (Å²) in [6.45, 7) is 5.51. The molecule has 0 bridgehead atoms. The fourth-order valence-electron chi connectivity index (χ4n) is 1.73. The molecular weight excluding hydrogens is 234 g/mol. The Kier molecular flexibility index (Phi) is 4.95. The molecular formula is C13H19NO4. The molecule has 5 nitrogen and oxygen atoms in total. The summed E-state index contributed by atoms with van der Waals surface area (Å²) in [5.41, 5.74) is -0.483. The second-order valence-corrected chi connectivity index (χ2v) is 4.60. The van der Waals surface area contributed by atoms with Gasteiger partial charge in [-0.1, -0.05) is 13.8 Å². The molecule has 0 fully saturated rings. The summed E-state index contributed by atoms with van der Waals surface area (Å²) in [4.78, 5) is 22.6. The first-order chi connectivity index (χ1) is 8.42. The molecule has 1 heterocycles. The van der Waals surface area contributed by atoms with E-state index in [4.69, 9.17) is 9.15 Å². The maximum atomic E-state index is 11.4. The van der Waals surface area contributed by atoms with Gasteiger partial charge in [-0.25, -0.2) is 4.79 Å². The summed E-state index contributed by atoms with van der Waals surface area (Å²) < 4.78 is 10.2. The van der Waals surface area contributed by atoms with Crippen molar-refractivity contribution in [2.75, 3.05) is 7.11 Å². The number of methoxy groups -OCH3 is 1. The highest BCUT2D eigenvalue weighted by atomic mass is 16.5. The second kappa shape index (κ2) is 6.23. The van der Waals surface area contributed by atoms with Crippen molar-refractivity contribution in [1.82, 2.24) is 5.32 Å². The van der Waals surface area contributed by atoms with Crippen LogP contribution in [0, 0.1) is 5.92 Å². The molecule has 5 heteroatoms. The zero-order chi connectivity index (χ0) is 13.7. The third-order valence-corrected chi connectivity index (χ3v) is 2.43. The molecule has 0 aromatic carbocycles. The molecule has 100 valence electrons. The van der Waals surface area contributed by atoms with Crippen LogP contribution in [0.2, 0.25) is 0 Å². The average molecular weight is 253 g/mol. The van der Waals surface area contributed by atoms with E-state index in [9.17, 15) is 9.59 Å². The Morgan fingerprint density at radius 2 is 2.11 bits per heavy atom. The van der Waals surface area contributed by atoms with Crippen LogP contribution in [0.4, 0.5) is 0 Å². The summed E-state index contributed by atoms with van der Waals surface area (Å²) in [7, 11) is 1.48. The van der Waals surface area contributed by atoms with Gasteiger partial charge in [0.1, 0.15) is 11.5 Å². The number of carbonyl (C=O) groups is 1. The topological polar surface area (TPSA) is 68.5 Å². The Morgan fingerprint density at radius 3 is 2.61 bits per heavy atom. The molecule has 1 rings (SSSR count). The molecule has 1 aromatic heterocycles. The van der Waals surface area contributed by atoms with Gasteiger partial charge in [0.2, 0.25) is 5.91 Å². The average Bonchev–Trinajstić information content (AvgIpc) is 2.26. The van der Waals surface area contributed by atoms with Crippen molar-refractivity contribution in [3.8, 4) is 5.75 Å². The first kappa shape index (κ1) is 14.3. The predicted octanol–water partition coefficient (Wildman–Crippen LogP) is 1.87. The Bertz CT molecular complexity index is 464. The van der Waals surface area contributed by atoms with E-state index < -0.39 is 5.63 Å². The first-order valence-electron chi connectivity index (χ1n) is 5.88. The standard InChI is InChI=1S/C13H19NO4/c1-8(2)5-11(14-9(3)15)12-6-10(17-4)7-13(16)18-12/h6-8,11H,5H2,1-4H3,(H,14,15). The van der Waals surface area contributed by atoms with Crippen LogP contribution in [-0.2, 0) is 4.79 Å². The van der Waals surface area contributed by atoms with Crippen molar-refractivity contribution in [2.24, 2.45) is 5.92 Å². The minimum atomic E-state index is -0.483. The number of hydrogen-bond acceptors (Lipinski definition) is 4. The van der Waals surface area contributed by atoms with Crippen molar-refractivity contribution in [3.05, 3.63) is 28.3 Å². The highest BCUT2D eigenvalue weighted by Crippen LogP contribution is 2.23. The SMILES string of the molecule is COc1cc(C(CC(C)C)NC(C)=O)oc(=O)c1. The van der Waals surface area contributed by atoms with Gasteiger partial charge >= 0.3 is 5.63 Å². The minimum absolute atomic E-state index is 0.161. The van der Waals surface area contributed by atoms with E-state index in [0.717, 1.165) is 0 Å². The number of hydrogen-bond donors (Lipinski definition) is 1. The van der Waals surface area contributed by atoms with Gasteiger partial charge in [-0.15, -0.1) is 0 Å². The number of amides is 1. The molecule has 0 aliphatic carbocycles. The quantitative estimate of drug-likeness (QED) is 0.869. The van der Waals surface area contributed by atoms with Gasteiger partial charge in [0, 0.05) is 13.0 Å². The van der Waals surface area contributed by atoms with Gasteiger partial charge in [0.15, 0.2) is 0 Å². The molecule has 0 saturated carbocycles. The number of ether oxygens (including phenoxy) is 1. The van der Waals surface area contributed by atoms with E-state index in [-0.39, 0.29) is 11.9 Å². The lowest BCUT2D eigenvalue weighted by Crippen LogP contribution is -2.27. The van der Waals surface area contributed by atoms with Crippen LogP contribution in [-0.4, -0.2) is 13.0 Å². The van der Waals surface area contributed by atoms with Crippen molar-refractivity contribution < 1.29 is 13.9 Å². The highest BCUT2D eigenvalue weighted by molar-refractivity contribution is 5.73. The smallest absolute Gasteiger partial charge is 0.339 e. The Hall–Kier alpha value is -1.78. The molecule has 1 atom stereocenters. The molecule has 0 radical (unpaired) electrons. The van der Waals surface area contributed by atoms with Crippen LogP contribution in [0.3, 0.4) is 0 Å². The van der Waals surface area contributed by atoms with Crippen LogP contribution in [0.15, 0.2) is 21.3 Å². The van der Waals surface area contributed by atoms with E-state index >= 15 is 0 Å². The second-order valence-electron chi connectivity index (χ2n) is 4.60. The van der Waals surface area contributed by atoms with Crippen LogP contribution in [0.1, 0.15) is 39.0 Å². The minimum Gasteiger partial charge on any atom is -0.496 e. The summed E-state index contributed by atoms with van der Waals surface area (Å²) in [6.07, 6.45) is 0.690. The third kappa shape index (κ3) is 4.24. The fourth-order valence-corrected chi connectivity index (χ4v) is 1.73. The first-order valence-corrected chi connectivity index (χ1v) is 5.88. The number of nitrogens with one attached hydrogen (secondary N) is 1. The Labute approximate surface area is 106 Å². The summed E-state index contributed by atoms with van der Waals surface area (Å²) >= 11 is 0. The molecule has 0 aliphatic rings. The number of carbonyl (C=O) groups excluding carboxylic acids is 1. The molecule has 1 aromatic rings. The van der Waals surface area contributed by atoms with Crippen LogP contribution in [0.25, 0.3) is 0 Å². The van der Waals surface area contributed by atoms with E-state index in [1.54, 1.807) is 6.07 Å². The Balaban J connectivity index is 3.06. The third-order valence-electron chi connectivity index (χ3n) is 2.43. The van der Waals surface area contributed by atoms with Gasteiger partial charge in [0.25, 0.3) is 0 Å². The molecule has 0 spiro atoms. The maximum Gasteiger partial charge on any atom is 0.339 e. The van der Waals surface area contributed by atoms with Gasteiger partial charge in [-0.05, 0) is 12.3 Å². The molecule has 18 heavy (non-hydrogen) atoms. The molecule has 0 saturated heterocycles. The summed E-state index contributed by atoms with van der Waals surface area (Å²) in [5, 5.41) is 2.78. The summed E-state index contributed by atoms with van der Waals surface area (Å²) in [5.74, 6) is 1.05. The molecule has 1 amide bonds. The molecule has 1 unspecified atom stereocenters.